The van der Waals surface area contributed by atoms with Crippen molar-refractivity contribution in [1.82, 2.24) is 10.2 Å². The summed E-state index contributed by atoms with van der Waals surface area (Å²) in [4.78, 5) is 2.38. The van der Waals surface area contributed by atoms with E-state index in [0.29, 0.717) is 11.5 Å². The molecule has 1 fully saturated rings. The van der Waals surface area contributed by atoms with Gasteiger partial charge in [-0.05, 0) is 37.0 Å². The maximum Gasteiger partial charge on any atom is 0.124 e. The lowest BCUT2D eigenvalue weighted by Crippen LogP contribution is -2.46. The molecule has 2 N–H and O–H groups in total. The van der Waals surface area contributed by atoms with Gasteiger partial charge in [0, 0.05) is 37.8 Å². The van der Waals surface area contributed by atoms with Gasteiger partial charge in [0.25, 0.3) is 0 Å². The number of phenols is 1. The minimum Gasteiger partial charge on any atom is -0.507 e. The monoisotopic (exact) mass is 294 g/mol. The minimum absolute atomic E-state index is 0.0847. The number of hydrogen-bond donors (Lipinski definition) is 2. The Kier molecular flexibility index (Phi) is 5.59. The van der Waals surface area contributed by atoms with Crippen molar-refractivity contribution in [2.24, 2.45) is 5.92 Å². The van der Waals surface area contributed by atoms with Crippen LogP contribution in [0.5, 0.6) is 5.75 Å². The number of phenolic OH excluding ortho intramolecular Hbond substituents is 1. The van der Waals surface area contributed by atoms with Crippen LogP contribution in [0.4, 0.5) is 4.39 Å². The number of nitrogens with one attached hydrogen (secondary N) is 1. The molecule has 0 aliphatic carbocycles. The first-order valence-electron chi connectivity index (χ1n) is 7.98. The summed E-state index contributed by atoms with van der Waals surface area (Å²) >= 11 is 0. The normalized spacial score (nSPS) is 19.4. The highest BCUT2D eigenvalue weighted by Gasteiger charge is 2.29. The highest BCUT2D eigenvalue weighted by atomic mass is 19.1. The van der Waals surface area contributed by atoms with Crippen LogP contribution in [0.1, 0.15) is 43.9 Å². The number of piperazine rings is 1. The largest absolute Gasteiger partial charge is 0.507 e. The van der Waals surface area contributed by atoms with Crippen LogP contribution in [0.2, 0.25) is 0 Å². The van der Waals surface area contributed by atoms with E-state index in [1.165, 1.54) is 12.1 Å². The van der Waals surface area contributed by atoms with Gasteiger partial charge in [-0.3, -0.25) is 4.90 Å². The molecule has 0 aromatic heterocycles. The van der Waals surface area contributed by atoms with Gasteiger partial charge >= 0.3 is 0 Å². The summed E-state index contributed by atoms with van der Waals surface area (Å²) in [5.41, 5.74) is 1.36. The SMILES string of the molecule is CCCC(C)[C@@H](c1cc(F)cc(C)c1O)N1CCNCC1. The smallest absolute Gasteiger partial charge is 0.124 e. The zero-order valence-electron chi connectivity index (χ0n) is 13.3. The first kappa shape index (κ1) is 16.2. The lowest BCUT2D eigenvalue weighted by molar-refractivity contribution is 0.123. The zero-order chi connectivity index (χ0) is 15.4. The summed E-state index contributed by atoms with van der Waals surface area (Å²) in [6, 6.07) is 3.00. The first-order chi connectivity index (χ1) is 10.0. The molecule has 0 bridgehead atoms. The third-order valence-electron chi connectivity index (χ3n) is 4.44. The van der Waals surface area contributed by atoms with Crippen LogP contribution < -0.4 is 5.32 Å². The predicted molar refractivity (Wildman–Crippen MR) is 84.1 cm³/mol. The Bertz CT molecular complexity index is 472. The van der Waals surface area contributed by atoms with Crippen LogP contribution in [0.3, 0.4) is 0 Å². The molecule has 21 heavy (non-hydrogen) atoms. The molecule has 0 amide bonds. The van der Waals surface area contributed by atoms with Gasteiger partial charge in [0.2, 0.25) is 0 Å². The van der Waals surface area contributed by atoms with Crippen LogP contribution in [0, 0.1) is 18.7 Å². The molecule has 3 nitrogen and oxygen atoms in total. The van der Waals surface area contributed by atoms with Crippen LogP contribution in [-0.4, -0.2) is 36.2 Å². The number of rotatable bonds is 5. The van der Waals surface area contributed by atoms with E-state index >= 15 is 0 Å². The van der Waals surface area contributed by atoms with E-state index in [-0.39, 0.29) is 17.6 Å². The highest BCUT2D eigenvalue weighted by molar-refractivity contribution is 5.42. The molecule has 4 heteroatoms. The lowest BCUT2D eigenvalue weighted by atomic mass is 9.87. The number of aryl methyl sites for hydroxylation is 1. The molecular formula is C17H27FN2O. The van der Waals surface area contributed by atoms with Crippen LogP contribution in [0.25, 0.3) is 0 Å². The molecule has 1 aliphatic heterocycles. The molecule has 0 radical (unpaired) electrons. The molecule has 118 valence electrons. The van der Waals surface area contributed by atoms with E-state index < -0.39 is 0 Å². The Labute approximate surface area is 127 Å². The van der Waals surface area contributed by atoms with Gasteiger partial charge < -0.3 is 10.4 Å². The highest BCUT2D eigenvalue weighted by Crippen LogP contribution is 2.38. The molecule has 0 saturated carbocycles. The number of halogens is 1. The Hall–Kier alpha value is -1.13. The molecule has 2 rings (SSSR count). The Balaban J connectivity index is 2.38. The molecule has 1 aromatic rings. The maximum absolute atomic E-state index is 13.8. The quantitative estimate of drug-likeness (QED) is 0.875. The summed E-state index contributed by atoms with van der Waals surface area (Å²) in [7, 11) is 0. The van der Waals surface area contributed by atoms with Gasteiger partial charge in [-0.1, -0.05) is 20.3 Å². The standard InChI is InChI=1S/C17H27FN2O/c1-4-5-12(2)16(20-8-6-19-7-9-20)15-11-14(18)10-13(3)17(15)21/h10-12,16,19,21H,4-9H2,1-3H3/t12?,16-/m0/s1. The lowest BCUT2D eigenvalue weighted by Gasteiger charge is -2.39. The summed E-state index contributed by atoms with van der Waals surface area (Å²) in [5.74, 6) is 0.382. The van der Waals surface area contributed by atoms with Crippen molar-refractivity contribution in [3.05, 3.63) is 29.1 Å². The maximum atomic E-state index is 13.8. The van der Waals surface area contributed by atoms with Crippen molar-refractivity contribution >= 4 is 0 Å². The Morgan fingerprint density at radius 2 is 2.00 bits per heavy atom. The average molecular weight is 294 g/mol. The van der Waals surface area contributed by atoms with Gasteiger partial charge in [-0.25, -0.2) is 4.39 Å². The van der Waals surface area contributed by atoms with E-state index in [2.05, 4.69) is 24.1 Å². The van der Waals surface area contributed by atoms with Gasteiger partial charge in [0.05, 0.1) is 0 Å². The average Bonchev–Trinajstić information content (AvgIpc) is 2.46. The summed E-state index contributed by atoms with van der Waals surface area (Å²) in [6.45, 7) is 9.91. The predicted octanol–water partition coefficient (Wildman–Crippen LogP) is 3.22. The fourth-order valence-corrected chi connectivity index (χ4v) is 3.42. The van der Waals surface area contributed by atoms with Crippen LogP contribution >= 0.6 is 0 Å². The Morgan fingerprint density at radius 1 is 1.33 bits per heavy atom. The number of hydrogen-bond acceptors (Lipinski definition) is 3. The molecule has 1 aliphatic rings. The van der Waals surface area contributed by atoms with Gasteiger partial charge in [-0.2, -0.15) is 0 Å². The van der Waals surface area contributed by atoms with Crippen molar-refractivity contribution in [1.29, 1.82) is 0 Å². The van der Waals surface area contributed by atoms with Gasteiger partial charge in [0.15, 0.2) is 0 Å². The second-order valence-corrected chi connectivity index (χ2v) is 6.16. The number of benzene rings is 1. The first-order valence-corrected chi connectivity index (χ1v) is 7.98. The zero-order valence-corrected chi connectivity index (χ0v) is 13.3. The van der Waals surface area contributed by atoms with Crippen molar-refractivity contribution in [3.8, 4) is 5.75 Å². The van der Waals surface area contributed by atoms with E-state index in [1.54, 1.807) is 6.92 Å². The second-order valence-electron chi connectivity index (χ2n) is 6.16. The molecule has 2 atom stereocenters. The van der Waals surface area contributed by atoms with Crippen molar-refractivity contribution < 1.29 is 9.50 Å². The van der Waals surface area contributed by atoms with Crippen LogP contribution in [0.15, 0.2) is 12.1 Å². The topological polar surface area (TPSA) is 35.5 Å². The fourth-order valence-electron chi connectivity index (χ4n) is 3.42. The fraction of sp³-hybridized carbons (Fsp3) is 0.647. The number of aromatic hydroxyl groups is 1. The van der Waals surface area contributed by atoms with E-state index in [0.717, 1.165) is 44.6 Å². The third-order valence-corrected chi connectivity index (χ3v) is 4.44. The van der Waals surface area contributed by atoms with Crippen molar-refractivity contribution in [2.45, 2.75) is 39.7 Å². The van der Waals surface area contributed by atoms with E-state index in [9.17, 15) is 9.50 Å². The Morgan fingerprint density at radius 3 is 2.62 bits per heavy atom. The van der Waals surface area contributed by atoms with E-state index in [1.807, 2.05) is 0 Å². The second kappa shape index (κ2) is 7.23. The van der Waals surface area contributed by atoms with Gasteiger partial charge in [0.1, 0.15) is 11.6 Å². The molecule has 1 saturated heterocycles. The van der Waals surface area contributed by atoms with Crippen LogP contribution in [-0.2, 0) is 0 Å². The third kappa shape index (κ3) is 3.74. The molecular weight excluding hydrogens is 267 g/mol. The van der Waals surface area contributed by atoms with Crippen molar-refractivity contribution in [3.63, 3.8) is 0 Å². The van der Waals surface area contributed by atoms with Crippen molar-refractivity contribution in [2.75, 3.05) is 26.2 Å². The molecule has 1 heterocycles. The summed E-state index contributed by atoms with van der Waals surface area (Å²) in [5, 5.41) is 13.8. The summed E-state index contributed by atoms with van der Waals surface area (Å²) in [6.07, 6.45) is 2.17. The van der Waals surface area contributed by atoms with E-state index in [4.69, 9.17) is 0 Å². The minimum atomic E-state index is -0.260. The molecule has 1 aromatic carbocycles. The molecule has 1 unspecified atom stereocenters. The van der Waals surface area contributed by atoms with Gasteiger partial charge in [-0.15, -0.1) is 0 Å². The summed E-state index contributed by atoms with van der Waals surface area (Å²) < 4.78 is 13.8. The number of nitrogens with zero attached hydrogens (tertiary/aromatic N) is 1. The molecule has 0 spiro atoms.